The van der Waals surface area contributed by atoms with Gasteiger partial charge in [-0.25, -0.2) is 0 Å². The Labute approximate surface area is 85.0 Å². The second-order valence-corrected chi connectivity index (χ2v) is 3.04. The van der Waals surface area contributed by atoms with Crippen molar-refractivity contribution in [3.05, 3.63) is 23.3 Å². The minimum atomic E-state index is -0.310. The minimum Gasteiger partial charge on any atom is -0.469 e. The van der Waals surface area contributed by atoms with Gasteiger partial charge in [0.05, 0.1) is 13.5 Å². The van der Waals surface area contributed by atoms with Crippen LogP contribution in [0.4, 0.5) is 0 Å². The minimum absolute atomic E-state index is 0.169. The molecule has 0 aromatic rings. The van der Waals surface area contributed by atoms with Crippen LogP contribution in [0.5, 0.6) is 0 Å². The first kappa shape index (κ1) is 12.6. The number of hydrogen-bond acceptors (Lipinski definition) is 3. The van der Waals surface area contributed by atoms with Gasteiger partial charge < -0.3 is 10.1 Å². The van der Waals surface area contributed by atoms with E-state index in [4.69, 9.17) is 5.41 Å². The summed E-state index contributed by atoms with van der Waals surface area (Å²) in [6.07, 6.45) is 3.94. The van der Waals surface area contributed by atoms with E-state index in [1.54, 1.807) is 6.92 Å². The maximum atomic E-state index is 11.1. The Balaban J connectivity index is 4.85. The fourth-order valence-corrected chi connectivity index (χ4v) is 1.13. The van der Waals surface area contributed by atoms with Gasteiger partial charge in [-0.15, -0.1) is 0 Å². The van der Waals surface area contributed by atoms with E-state index in [0.29, 0.717) is 5.71 Å². The molecule has 0 atom stereocenters. The lowest BCUT2D eigenvalue weighted by Crippen LogP contribution is -2.08. The molecule has 0 saturated carbocycles. The van der Waals surface area contributed by atoms with E-state index in [9.17, 15) is 4.79 Å². The monoisotopic (exact) mass is 195 g/mol. The Morgan fingerprint density at radius 2 is 2.00 bits per heavy atom. The van der Waals surface area contributed by atoms with Gasteiger partial charge in [-0.1, -0.05) is 12.2 Å². The van der Waals surface area contributed by atoms with Crippen LogP contribution in [0.1, 0.15) is 27.2 Å². The van der Waals surface area contributed by atoms with Gasteiger partial charge in [0.2, 0.25) is 0 Å². The zero-order chi connectivity index (χ0) is 11.1. The molecule has 3 heteroatoms. The molecule has 0 amide bonds. The van der Waals surface area contributed by atoms with Crippen molar-refractivity contribution in [2.45, 2.75) is 27.2 Å². The molecule has 0 heterocycles. The van der Waals surface area contributed by atoms with Crippen LogP contribution < -0.4 is 0 Å². The Kier molecular flexibility index (Phi) is 5.53. The lowest BCUT2D eigenvalue weighted by Gasteiger charge is -2.07. The lowest BCUT2D eigenvalue weighted by atomic mass is 10.0. The highest BCUT2D eigenvalue weighted by Crippen LogP contribution is 2.12. The fourth-order valence-electron chi connectivity index (χ4n) is 1.13. The van der Waals surface area contributed by atoms with Crippen LogP contribution in [-0.2, 0) is 9.53 Å². The number of allylic oxidation sites excluding steroid dienone is 3. The van der Waals surface area contributed by atoms with Gasteiger partial charge in [0.15, 0.2) is 0 Å². The zero-order valence-corrected chi connectivity index (χ0v) is 9.18. The number of carbonyl (C=O) groups excluding carboxylic acids is 1. The summed E-state index contributed by atoms with van der Waals surface area (Å²) >= 11 is 0. The second kappa shape index (κ2) is 6.13. The number of rotatable bonds is 4. The highest BCUT2D eigenvalue weighted by atomic mass is 16.5. The lowest BCUT2D eigenvalue weighted by molar-refractivity contribution is -0.139. The maximum absolute atomic E-state index is 11.1. The van der Waals surface area contributed by atoms with Gasteiger partial charge >= 0.3 is 5.97 Å². The van der Waals surface area contributed by atoms with E-state index >= 15 is 0 Å². The van der Waals surface area contributed by atoms with Crippen molar-refractivity contribution in [2.24, 2.45) is 0 Å². The summed E-state index contributed by atoms with van der Waals surface area (Å²) in [6, 6.07) is 0. The highest BCUT2D eigenvalue weighted by molar-refractivity contribution is 6.00. The molecule has 0 bridgehead atoms. The number of carbonyl (C=O) groups is 1. The predicted octanol–water partition coefficient (Wildman–Crippen LogP) is 2.48. The molecule has 0 spiro atoms. The van der Waals surface area contributed by atoms with Crippen LogP contribution in [0.3, 0.4) is 0 Å². The molecule has 1 N–H and O–H groups in total. The smallest absolute Gasteiger partial charge is 0.310 e. The summed E-state index contributed by atoms with van der Waals surface area (Å²) < 4.78 is 4.57. The van der Waals surface area contributed by atoms with Gasteiger partial charge in [-0.2, -0.15) is 0 Å². The molecule has 14 heavy (non-hydrogen) atoms. The molecular weight excluding hydrogens is 178 g/mol. The first-order chi connectivity index (χ1) is 6.52. The first-order valence-corrected chi connectivity index (χ1v) is 4.47. The quantitative estimate of drug-likeness (QED) is 0.425. The summed E-state index contributed by atoms with van der Waals surface area (Å²) in [6.45, 7) is 5.46. The van der Waals surface area contributed by atoms with Crippen molar-refractivity contribution in [3.8, 4) is 0 Å². The Morgan fingerprint density at radius 1 is 1.43 bits per heavy atom. The van der Waals surface area contributed by atoms with Crippen LogP contribution in [-0.4, -0.2) is 18.8 Å². The second-order valence-electron chi connectivity index (χ2n) is 3.04. The van der Waals surface area contributed by atoms with E-state index in [1.807, 2.05) is 26.0 Å². The molecule has 0 aromatic heterocycles. The molecule has 0 unspecified atom stereocenters. The predicted molar refractivity (Wildman–Crippen MR) is 57.5 cm³/mol. The third-order valence-electron chi connectivity index (χ3n) is 1.89. The standard InChI is InChI=1S/C11H17NO2/c1-5-6-8(2)10(9(3)12)7-11(13)14-4/h5-6,12H,7H2,1-4H3/b6-5+,10-8+,12-9?. The van der Waals surface area contributed by atoms with Gasteiger partial charge in [0.25, 0.3) is 0 Å². The Bertz CT molecular complexity index is 288. The summed E-state index contributed by atoms with van der Waals surface area (Å²) in [5.41, 5.74) is 2.08. The zero-order valence-electron chi connectivity index (χ0n) is 9.18. The van der Waals surface area contributed by atoms with Gasteiger partial charge in [-0.05, 0) is 31.9 Å². The van der Waals surface area contributed by atoms with Crippen molar-refractivity contribution in [2.75, 3.05) is 7.11 Å². The third kappa shape index (κ3) is 4.03. The molecule has 0 aliphatic carbocycles. The first-order valence-electron chi connectivity index (χ1n) is 4.47. The van der Waals surface area contributed by atoms with Gasteiger partial charge in [0, 0.05) is 5.71 Å². The van der Waals surface area contributed by atoms with Crippen molar-refractivity contribution < 1.29 is 9.53 Å². The molecule has 3 nitrogen and oxygen atoms in total. The van der Waals surface area contributed by atoms with E-state index in [1.165, 1.54) is 7.11 Å². The number of ether oxygens (including phenoxy) is 1. The van der Waals surface area contributed by atoms with Crippen LogP contribution in [0.25, 0.3) is 0 Å². The summed E-state index contributed by atoms with van der Waals surface area (Å²) in [5.74, 6) is -0.310. The van der Waals surface area contributed by atoms with Crippen molar-refractivity contribution in [1.82, 2.24) is 0 Å². The van der Waals surface area contributed by atoms with Crippen LogP contribution in [0, 0.1) is 5.41 Å². The Hall–Kier alpha value is -1.38. The summed E-state index contributed by atoms with van der Waals surface area (Å²) in [4.78, 5) is 11.1. The van der Waals surface area contributed by atoms with Gasteiger partial charge in [-0.3, -0.25) is 4.79 Å². The normalized spacial score (nSPS) is 12.6. The van der Waals surface area contributed by atoms with Crippen LogP contribution >= 0.6 is 0 Å². The number of methoxy groups -OCH3 is 1. The third-order valence-corrected chi connectivity index (χ3v) is 1.89. The largest absolute Gasteiger partial charge is 0.469 e. The molecule has 78 valence electrons. The van der Waals surface area contributed by atoms with Crippen molar-refractivity contribution in [3.63, 3.8) is 0 Å². The topological polar surface area (TPSA) is 50.2 Å². The molecular formula is C11H17NO2. The molecule has 0 saturated heterocycles. The van der Waals surface area contributed by atoms with Gasteiger partial charge in [0.1, 0.15) is 0 Å². The molecule has 0 aliphatic rings. The van der Waals surface area contributed by atoms with E-state index < -0.39 is 0 Å². The van der Waals surface area contributed by atoms with E-state index in [0.717, 1.165) is 11.1 Å². The van der Waals surface area contributed by atoms with E-state index in [2.05, 4.69) is 4.74 Å². The highest BCUT2D eigenvalue weighted by Gasteiger charge is 2.09. The number of esters is 1. The molecule has 0 rings (SSSR count). The SMILES string of the molecule is C/C=C/C(C)=C(\CC(=O)OC)C(C)=N. The van der Waals surface area contributed by atoms with Crippen LogP contribution in [0.2, 0.25) is 0 Å². The number of hydrogen-bond donors (Lipinski definition) is 1. The van der Waals surface area contributed by atoms with E-state index in [-0.39, 0.29) is 12.4 Å². The Morgan fingerprint density at radius 3 is 2.36 bits per heavy atom. The number of nitrogens with one attached hydrogen (secondary N) is 1. The van der Waals surface area contributed by atoms with Crippen LogP contribution in [0.15, 0.2) is 23.3 Å². The average molecular weight is 195 g/mol. The molecule has 0 aliphatic heterocycles. The average Bonchev–Trinajstić information content (AvgIpc) is 2.13. The molecule has 0 fully saturated rings. The molecule has 0 aromatic carbocycles. The fraction of sp³-hybridized carbons (Fsp3) is 0.455. The van der Waals surface area contributed by atoms with Crippen molar-refractivity contribution in [1.29, 1.82) is 5.41 Å². The maximum Gasteiger partial charge on any atom is 0.310 e. The molecule has 0 radical (unpaired) electrons. The summed E-state index contributed by atoms with van der Waals surface area (Å²) in [5, 5.41) is 7.53. The van der Waals surface area contributed by atoms with Crippen molar-refractivity contribution >= 4 is 11.7 Å². The summed E-state index contributed by atoms with van der Waals surface area (Å²) in [7, 11) is 1.35.